The van der Waals surface area contributed by atoms with E-state index in [1.165, 1.54) is 18.4 Å². The number of carbonyl (C=O) groups excluding carboxylic acids is 1. The minimum Gasteiger partial charge on any atom is -0.465 e. The van der Waals surface area contributed by atoms with Gasteiger partial charge in [0.05, 0.1) is 18.4 Å². The molecule has 0 bridgehead atoms. The molecule has 2 heterocycles. The average molecular weight is 418 g/mol. The largest absolute Gasteiger partial charge is 0.465 e. The van der Waals surface area contributed by atoms with Gasteiger partial charge in [0.15, 0.2) is 10.3 Å². The maximum absolute atomic E-state index is 12.1. The highest BCUT2D eigenvalue weighted by Crippen LogP contribution is 2.31. The fourth-order valence-corrected chi connectivity index (χ4v) is 3.94. The first-order valence-electron chi connectivity index (χ1n) is 8.00. The Hall–Kier alpha value is -2.48. The van der Waals surface area contributed by atoms with Crippen LogP contribution in [0, 0.1) is 0 Å². The van der Waals surface area contributed by atoms with E-state index in [1.807, 2.05) is 36.4 Å². The van der Waals surface area contributed by atoms with Gasteiger partial charge in [0.2, 0.25) is 0 Å². The van der Waals surface area contributed by atoms with E-state index in [4.69, 9.17) is 28.6 Å². The number of methoxy groups -OCH3 is 1. The number of thiophene rings is 1. The zero-order valence-corrected chi connectivity index (χ0v) is 16.8. The number of anilines is 2. The van der Waals surface area contributed by atoms with Gasteiger partial charge >= 0.3 is 5.97 Å². The van der Waals surface area contributed by atoms with Gasteiger partial charge < -0.3 is 15.4 Å². The Morgan fingerprint density at radius 3 is 2.70 bits per heavy atom. The fourth-order valence-electron chi connectivity index (χ4n) is 2.42. The molecule has 3 aromatic rings. The Labute approximate surface area is 171 Å². The lowest BCUT2D eigenvalue weighted by Gasteiger charge is -2.10. The monoisotopic (exact) mass is 417 g/mol. The lowest BCUT2D eigenvalue weighted by Crippen LogP contribution is -2.20. The molecule has 0 amide bonds. The van der Waals surface area contributed by atoms with Crippen LogP contribution < -0.4 is 10.6 Å². The van der Waals surface area contributed by atoms with Crippen molar-refractivity contribution in [3.8, 4) is 0 Å². The van der Waals surface area contributed by atoms with E-state index in [1.54, 1.807) is 18.3 Å². The lowest BCUT2D eigenvalue weighted by atomic mass is 10.1. The summed E-state index contributed by atoms with van der Waals surface area (Å²) in [6.45, 7) is 0. The van der Waals surface area contributed by atoms with Crippen LogP contribution in [0.25, 0.3) is 0 Å². The van der Waals surface area contributed by atoms with Gasteiger partial charge in [0, 0.05) is 17.5 Å². The molecule has 0 fully saturated rings. The SMILES string of the molecule is COC(=O)c1cc(Cc2ccccc2)sc1NC(=S)Nc1cccnc1Cl. The van der Waals surface area contributed by atoms with E-state index in [9.17, 15) is 4.79 Å². The number of halogens is 1. The second-order valence-electron chi connectivity index (χ2n) is 5.53. The molecule has 0 radical (unpaired) electrons. The van der Waals surface area contributed by atoms with E-state index in [0.717, 1.165) is 10.4 Å². The van der Waals surface area contributed by atoms with E-state index >= 15 is 0 Å². The number of carbonyl (C=O) groups is 1. The van der Waals surface area contributed by atoms with E-state index < -0.39 is 5.97 Å². The number of thiocarbonyl (C=S) groups is 1. The molecule has 0 aliphatic heterocycles. The number of pyridine rings is 1. The summed E-state index contributed by atoms with van der Waals surface area (Å²) < 4.78 is 4.89. The van der Waals surface area contributed by atoms with Gasteiger partial charge in [0.25, 0.3) is 0 Å². The minimum atomic E-state index is -0.421. The van der Waals surface area contributed by atoms with Crippen LogP contribution >= 0.6 is 35.2 Å². The third kappa shape index (κ3) is 5.03. The molecule has 5 nitrogen and oxygen atoms in total. The number of rotatable bonds is 5. The first-order valence-corrected chi connectivity index (χ1v) is 9.60. The van der Waals surface area contributed by atoms with Crippen molar-refractivity contribution < 1.29 is 9.53 Å². The summed E-state index contributed by atoms with van der Waals surface area (Å²) in [6.07, 6.45) is 2.31. The summed E-state index contributed by atoms with van der Waals surface area (Å²) in [4.78, 5) is 17.2. The van der Waals surface area contributed by atoms with Crippen LogP contribution in [0.2, 0.25) is 5.15 Å². The standard InChI is InChI=1S/C19H16ClN3O2S2/c1-25-18(24)14-11-13(10-12-6-3-2-4-7-12)27-17(14)23-19(26)22-15-8-5-9-21-16(15)20/h2-9,11H,10H2,1H3,(H2,22,23,26). The minimum absolute atomic E-state index is 0.308. The highest BCUT2D eigenvalue weighted by molar-refractivity contribution is 7.80. The molecular weight excluding hydrogens is 402 g/mol. The fraction of sp³-hybridized carbons (Fsp3) is 0.105. The number of nitrogens with one attached hydrogen (secondary N) is 2. The smallest absolute Gasteiger partial charge is 0.340 e. The number of nitrogens with zero attached hydrogens (tertiary/aromatic N) is 1. The molecule has 0 saturated carbocycles. The van der Waals surface area contributed by atoms with E-state index in [2.05, 4.69) is 15.6 Å². The van der Waals surface area contributed by atoms with Crippen LogP contribution in [-0.2, 0) is 11.2 Å². The highest BCUT2D eigenvalue weighted by atomic mass is 35.5. The zero-order valence-electron chi connectivity index (χ0n) is 14.4. The normalized spacial score (nSPS) is 10.3. The van der Waals surface area contributed by atoms with Gasteiger partial charge in [-0.15, -0.1) is 11.3 Å². The molecule has 0 saturated heterocycles. The third-order valence-corrected chi connectivity index (χ3v) is 5.20. The number of hydrogen-bond donors (Lipinski definition) is 2. The van der Waals surface area contributed by atoms with Crippen LogP contribution in [0.4, 0.5) is 10.7 Å². The Morgan fingerprint density at radius 1 is 1.22 bits per heavy atom. The molecule has 8 heteroatoms. The number of benzene rings is 1. The second-order valence-corrected chi connectivity index (χ2v) is 7.43. The second kappa shape index (κ2) is 8.94. The van der Waals surface area contributed by atoms with Crippen molar-refractivity contribution in [1.29, 1.82) is 0 Å². The molecule has 0 spiro atoms. The van der Waals surface area contributed by atoms with Crippen molar-refractivity contribution >= 4 is 56.9 Å². The number of ether oxygens (including phenoxy) is 1. The maximum atomic E-state index is 12.1. The zero-order chi connectivity index (χ0) is 19.2. The molecule has 3 rings (SSSR count). The van der Waals surface area contributed by atoms with Crippen molar-refractivity contribution in [1.82, 2.24) is 4.98 Å². The van der Waals surface area contributed by atoms with E-state index in [-0.39, 0.29) is 0 Å². The Kier molecular flexibility index (Phi) is 6.39. The molecule has 2 aromatic heterocycles. The van der Waals surface area contributed by atoms with Crippen molar-refractivity contribution in [3.05, 3.63) is 75.9 Å². The Balaban J connectivity index is 1.79. The molecule has 0 unspecified atom stereocenters. The molecule has 2 N–H and O–H groups in total. The number of hydrogen-bond acceptors (Lipinski definition) is 5. The first-order chi connectivity index (χ1) is 13.1. The summed E-state index contributed by atoms with van der Waals surface area (Å²) >= 11 is 12.8. The van der Waals surface area contributed by atoms with Crippen molar-refractivity contribution in [2.75, 3.05) is 17.7 Å². The summed E-state index contributed by atoms with van der Waals surface area (Å²) in [5.74, 6) is -0.421. The molecule has 0 aliphatic carbocycles. The molecule has 0 aliphatic rings. The first kappa shape index (κ1) is 19.3. The topological polar surface area (TPSA) is 63.2 Å². The van der Waals surface area contributed by atoms with Gasteiger partial charge in [-0.3, -0.25) is 0 Å². The van der Waals surface area contributed by atoms with Gasteiger partial charge in [0.1, 0.15) is 5.00 Å². The summed E-state index contributed by atoms with van der Waals surface area (Å²) in [5.41, 5.74) is 2.18. The predicted molar refractivity (Wildman–Crippen MR) is 114 cm³/mol. The van der Waals surface area contributed by atoms with Crippen LogP contribution in [0.3, 0.4) is 0 Å². The summed E-state index contributed by atoms with van der Waals surface area (Å²) in [6, 6.07) is 15.4. The van der Waals surface area contributed by atoms with Gasteiger partial charge in [-0.05, 0) is 36.0 Å². The maximum Gasteiger partial charge on any atom is 0.340 e. The quantitative estimate of drug-likeness (QED) is 0.346. The summed E-state index contributed by atoms with van der Waals surface area (Å²) in [7, 11) is 1.35. The van der Waals surface area contributed by atoms with Crippen LogP contribution in [0.1, 0.15) is 20.8 Å². The highest BCUT2D eigenvalue weighted by Gasteiger charge is 2.18. The molecule has 1 aromatic carbocycles. The van der Waals surface area contributed by atoms with Crippen molar-refractivity contribution in [2.45, 2.75) is 6.42 Å². The van der Waals surface area contributed by atoms with Crippen LogP contribution in [0.5, 0.6) is 0 Å². The van der Waals surface area contributed by atoms with Crippen LogP contribution in [0.15, 0.2) is 54.7 Å². The van der Waals surface area contributed by atoms with Gasteiger partial charge in [-0.2, -0.15) is 0 Å². The number of esters is 1. The average Bonchev–Trinajstić information content (AvgIpc) is 3.05. The van der Waals surface area contributed by atoms with Gasteiger partial charge in [-0.1, -0.05) is 41.9 Å². The Morgan fingerprint density at radius 2 is 2.00 bits per heavy atom. The summed E-state index contributed by atoms with van der Waals surface area (Å²) in [5, 5.41) is 7.28. The van der Waals surface area contributed by atoms with Crippen LogP contribution in [-0.4, -0.2) is 23.2 Å². The van der Waals surface area contributed by atoms with Crippen molar-refractivity contribution in [3.63, 3.8) is 0 Å². The molecule has 138 valence electrons. The van der Waals surface area contributed by atoms with E-state index in [0.29, 0.717) is 32.9 Å². The third-order valence-electron chi connectivity index (χ3n) is 3.64. The lowest BCUT2D eigenvalue weighted by molar-refractivity contribution is 0.0602. The molecule has 27 heavy (non-hydrogen) atoms. The molecular formula is C19H16ClN3O2S2. The molecule has 0 atom stereocenters. The Bertz CT molecular complexity index is 961. The van der Waals surface area contributed by atoms with Gasteiger partial charge in [-0.25, -0.2) is 9.78 Å². The number of aromatic nitrogens is 1. The predicted octanol–water partition coefficient (Wildman–Crippen LogP) is 4.98. The van der Waals surface area contributed by atoms with Crippen molar-refractivity contribution in [2.24, 2.45) is 0 Å².